The van der Waals surface area contributed by atoms with Crippen molar-refractivity contribution < 1.29 is 9.53 Å². The van der Waals surface area contributed by atoms with Gasteiger partial charge in [-0.05, 0) is 36.8 Å². The number of nitrogens with zero attached hydrogens (tertiary/aromatic N) is 4. The number of esters is 1. The molecule has 0 saturated heterocycles. The molecule has 0 fully saturated rings. The number of pyridine rings is 1. The van der Waals surface area contributed by atoms with Crippen molar-refractivity contribution in [1.29, 1.82) is 0 Å². The number of carbonyl (C=O) groups is 1. The molecule has 0 aliphatic carbocycles. The molecule has 7 nitrogen and oxygen atoms in total. The van der Waals surface area contributed by atoms with Crippen molar-refractivity contribution >= 4 is 56.4 Å². The van der Waals surface area contributed by atoms with Gasteiger partial charge in [0.15, 0.2) is 0 Å². The minimum Gasteiger partial charge on any atom is -0.455 e. The predicted molar refractivity (Wildman–Crippen MR) is 128 cm³/mol. The van der Waals surface area contributed by atoms with Gasteiger partial charge in [0.05, 0.1) is 23.0 Å². The molecule has 4 aromatic heterocycles. The second-order valence-electron chi connectivity index (χ2n) is 7.40. The maximum atomic E-state index is 12.7. The second-order valence-corrected chi connectivity index (χ2v) is 9.28. The quantitative estimate of drug-likeness (QED) is 0.314. The van der Waals surface area contributed by atoms with Crippen LogP contribution in [0.15, 0.2) is 59.5 Å². The van der Waals surface area contributed by atoms with E-state index in [-0.39, 0.29) is 12.2 Å². The van der Waals surface area contributed by atoms with Crippen molar-refractivity contribution in [3.05, 3.63) is 97.0 Å². The van der Waals surface area contributed by atoms with E-state index in [1.165, 1.54) is 28.0 Å². The molecule has 0 spiro atoms. The average molecular weight is 499 g/mol. The van der Waals surface area contributed by atoms with Crippen molar-refractivity contribution in [3.8, 4) is 0 Å². The van der Waals surface area contributed by atoms with Crippen LogP contribution in [0, 0.1) is 6.92 Å². The number of benzene rings is 1. The van der Waals surface area contributed by atoms with E-state index in [0.717, 1.165) is 21.5 Å². The summed E-state index contributed by atoms with van der Waals surface area (Å²) in [6.07, 6.45) is 1.49. The SMILES string of the molecule is Cc1nn(Cc2ccccc2Cl)c2sc(C(=O)OCc3cc(=O)n4cc(Cl)ccc4n3)cc12. The van der Waals surface area contributed by atoms with Gasteiger partial charge in [0.25, 0.3) is 5.56 Å². The van der Waals surface area contributed by atoms with Crippen molar-refractivity contribution in [2.24, 2.45) is 0 Å². The van der Waals surface area contributed by atoms with Crippen LogP contribution in [-0.4, -0.2) is 25.1 Å². The summed E-state index contributed by atoms with van der Waals surface area (Å²) in [6.45, 7) is 2.27. The highest BCUT2D eigenvalue weighted by atomic mass is 35.5. The second kappa shape index (κ2) is 8.62. The van der Waals surface area contributed by atoms with Crippen LogP contribution in [0.5, 0.6) is 0 Å². The van der Waals surface area contributed by atoms with Crippen LogP contribution < -0.4 is 5.56 Å². The molecule has 0 aliphatic rings. The average Bonchev–Trinajstić information content (AvgIpc) is 3.35. The van der Waals surface area contributed by atoms with Crippen LogP contribution in [0.25, 0.3) is 15.9 Å². The van der Waals surface area contributed by atoms with E-state index in [1.54, 1.807) is 18.2 Å². The molecular weight excluding hydrogens is 483 g/mol. The van der Waals surface area contributed by atoms with Crippen LogP contribution >= 0.6 is 34.5 Å². The number of carbonyl (C=O) groups excluding carboxylic acids is 1. The van der Waals surface area contributed by atoms with Crippen LogP contribution in [0.4, 0.5) is 0 Å². The van der Waals surface area contributed by atoms with Crippen LogP contribution in [0.2, 0.25) is 10.0 Å². The van der Waals surface area contributed by atoms with Crippen molar-refractivity contribution in [3.63, 3.8) is 0 Å². The standard InChI is InChI=1S/C23H16Cl2N4O3S/c1-13-17-9-19(33-22(17)29(27-13)10-14-4-2-3-5-18(14)25)23(31)32-12-16-8-21(30)28-11-15(24)6-7-20(28)26-16/h2-9,11H,10,12H2,1H3. The van der Waals surface area contributed by atoms with Gasteiger partial charge in [-0.15, -0.1) is 11.3 Å². The first-order valence-electron chi connectivity index (χ1n) is 9.94. The summed E-state index contributed by atoms with van der Waals surface area (Å²) in [5, 5.41) is 6.56. The minimum absolute atomic E-state index is 0.119. The third-order valence-electron chi connectivity index (χ3n) is 5.11. The lowest BCUT2D eigenvalue weighted by molar-refractivity contribution is 0.0473. The summed E-state index contributed by atoms with van der Waals surface area (Å²) in [4.78, 5) is 30.7. The molecule has 5 rings (SSSR count). The number of hydrogen-bond acceptors (Lipinski definition) is 6. The normalized spacial score (nSPS) is 11.4. The summed E-state index contributed by atoms with van der Waals surface area (Å²) in [5.74, 6) is -0.488. The first kappa shape index (κ1) is 21.6. The fourth-order valence-corrected chi connectivity index (χ4v) is 4.93. The molecular formula is C23H16Cl2N4O3S. The van der Waals surface area contributed by atoms with E-state index < -0.39 is 5.97 Å². The van der Waals surface area contributed by atoms with Gasteiger partial charge in [-0.1, -0.05) is 41.4 Å². The Bertz CT molecular complexity index is 1590. The zero-order chi connectivity index (χ0) is 23.1. The summed E-state index contributed by atoms with van der Waals surface area (Å²) in [5.41, 5.74) is 2.24. The Kier molecular flexibility index (Phi) is 5.65. The molecule has 1 aromatic carbocycles. The zero-order valence-electron chi connectivity index (χ0n) is 17.3. The molecule has 4 heterocycles. The molecule has 0 saturated carbocycles. The van der Waals surface area contributed by atoms with Crippen LogP contribution in [0.3, 0.4) is 0 Å². The fraction of sp³-hybridized carbons (Fsp3) is 0.130. The third kappa shape index (κ3) is 4.25. The van der Waals surface area contributed by atoms with Crippen molar-refractivity contribution in [1.82, 2.24) is 19.2 Å². The Morgan fingerprint density at radius 1 is 1.15 bits per heavy atom. The Morgan fingerprint density at radius 3 is 2.79 bits per heavy atom. The molecule has 0 atom stereocenters. The molecule has 5 aromatic rings. The number of halogens is 2. The van der Waals surface area contributed by atoms with E-state index in [0.29, 0.717) is 32.8 Å². The summed E-state index contributed by atoms with van der Waals surface area (Å²) in [6, 6.07) is 14.0. The number of aryl methyl sites for hydroxylation is 1. The van der Waals surface area contributed by atoms with E-state index in [1.807, 2.05) is 35.9 Å². The molecule has 166 valence electrons. The van der Waals surface area contributed by atoms with Crippen molar-refractivity contribution in [2.45, 2.75) is 20.1 Å². The smallest absolute Gasteiger partial charge is 0.348 e. The maximum absolute atomic E-state index is 12.7. The number of rotatable bonds is 5. The topological polar surface area (TPSA) is 78.5 Å². The Balaban J connectivity index is 1.37. The molecule has 0 aliphatic heterocycles. The Labute approximate surface area is 201 Å². The lowest BCUT2D eigenvalue weighted by Crippen LogP contribution is -2.16. The molecule has 0 amide bonds. The third-order valence-corrected chi connectivity index (χ3v) is 6.83. The van der Waals surface area contributed by atoms with Gasteiger partial charge >= 0.3 is 5.97 Å². The molecule has 33 heavy (non-hydrogen) atoms. The lowest BCUT2D eigenvalue weighted by atomic mass is 10.2. The highest BCUT2D eigenvalue weighted by molar-refractivity contribution is 7.20. The Hall–Kier alpha value is -3.20. The van der Waals surface area contributed by atoms with Gasteiger partial charge in [-0.2, -0.15) is 5.10 Å². The van der Waals surface area contributed by atoms with Gasteiger partial charge < -0.3 is 4.74 Å². The maximum Gasteiger partial charge on any atom is 0.348 e. The number of hydrogen-bond donors (Lipinski definition) is 0. The largest absolute Gasteiger partial charge is 0.455 e. The van der Waals surface area contributed by atoms with Crippen molar-refractivity contribution in [2.75, 3.05) is 0 Å². The van der Waals surface area contributed by atoms with Gasteiger partial charge in [-0.3, -0.25) is 13.9 Å². The van der Waals surface area contributed by atoms with E-state index in [4.69, 9.17) is 27.9 Å². The van der Waals surface area contributed by atoms with E-state index in [2.05, 4.69) is 10.1 Å². The van der Waals surface area contributed by atoms with Gasteiger partial charge in [-0.25, -0.2) is 9.78 Å². The van der Waals surface area contributed by atoms with Gasteiger partial charge in [0.1, 0.15) is 22.0 Å². The van der Waals surface area contributed by atoms with Crippen LogP contribution in [-0.2, 0) is 17.9 Å². The summed E-state index contributed by atoms with van der Waals surface area (Å²) in [7, 11) is 0. The Morgan fingerprint density at radius 2 is 1.97 bits per heavy atom. The van der Waals surface area contributed by atoms with Gasteiger partial charge in [0, 0.05) is 22.7 Å². The number of thiophene rings is 1. The monoisotopic (exact) mass is 498 g/mol. The first-order chi connectivity index (χ1) is 15.9. The number of ether oxygens (including phenoxy) is 1. The minimum atomic E-state index is -0.488. The molecule has 0 unspecified atom stereocenters. The fourth-order valence-electron chi connectivity index (χ4n) is 3.52. The van der Waals surface area contributed by atoms with Gasteiger partial charge in [0.2, 0.25) is 0 Å². The number of aromatic nitrogens is 4. The molecule has 0 bridgehead atoms. The zero-order valence-corrected chi connectivity index (χ0v) is 19.6. The summed E-state index contributed by atoms with van der Waals surface area (Å²) >= 11 is 13.5. The lowest BCUT2D eigenvalue weighted by Gasteiger charge is -2.06. The van der Waals surface area contributed by atoms with E-state index >= 15 is 0 Å². The highest BCUT2D eigenvalue weighted by Crippen LogP contribution is 2.30. The molecule has 0 N–H and O–H groups in total. The molecule has 10 heteroatoms. The first-order valence-corrected chi connectivity index (χ1v) is 11.5. The summed E-state index contributed by atoms with van der Waals surface area (Å²) < 4.78 is 8.62. The predicted octanol–water partition coefficient (Wildman–Crippen LogP) is 5.13. The van der Waals surface area contributed by atoms with Crippen LogP contribution in [0.1, 0.15) is 26.6 Å². The number of fused-ring (bicyclic) bond motifs is 2. The van der Waals surface area contributed by atoms with E-state index in [9.17, 15) is 9.59 Å². The molecule has 0 radical (unpaired) electrons. The highest BCUT2D eigenvalue weighted by Gasteiger charge is 2.18.